The first-order chi connectivity index (χ1) is 8.61. The highest BCUT2D eigenvalue weighted by Gasteiger charge is 2.32. The van der Waals surface area contributed by atoms with E-state index < -0.39 is 50.1 Å². The minimum absolute atomic E-state index is 0.810. The highest BCUT2D eigenvalue weighted by Crippen LogP contribution is 2.30. The average Bonchev–Trinajstić information content (AvgIpc) is 2.30. The highest BCUT2D eigenvalue weighted by atomic mass is 32.2. The summed E-state index contributed by atoms with van der Waals surface area (Å²) in [5.41, 5.74) is -1.59. The summed E-state index contributed by atoms with van der Waals surface area (Å²) >= 11 is 0. The molecule has 0 atom stereocenters. The number of methoxy groups -OCH3 is 1. The van der Waals surface area contributed by atoms with Gasteiger partial charge in [0.05, 0.1) is 7.11 Å². The Morgan fingerprint density at radius 3 is 1.84 bits per heavy atom. The number of rotatable bonds is 2. The van der Waals surface area contributed by atoms with Gasteiger partial charge in [0.15, 0.2) is 28.2 Å². The first-order valence-electron chi connectivity index (χ1n) is 4.29. The van der Waals surface area contributed by atoms with E-state index in [1.54, 1.807) is 0 Å². The van der Waals surface area contributed by atoms with Gasteiger partial charge in [-0.1, -0.05) is 0 Å². The maximum absolute atomic E-state index is 13.3. The van der Waals surface area contributed by atoms with Gasteiger partial charge in [-0.3, -0.25) is 9.87 Å². The Morgan fingerprint density at radius 1 is 1.11 bits per heavy atom. The summed E-state index contributed by atoms with van der Waals surface area (Å²) in [7, 11) is -4.72. The van der Waals surface area contributed by atoms with Crippen molar-refractivity contribution in [3.63, 3.8) is 0 Å². The summed E-state index contributed by atoms with van der Waals surface area (Å²) in [6, 6.07) is 0. The number of amides is 1. The lowest BCUT2D eigenvalue weighted by atomic mass is 10.2. The Labute approximate surface area is 103 Å². The second-order valence-electron chi connectivity index (χ2n) is 3.05. The van der Waals surface area contributed by atoms with Crippen LogP contribution in [0.4, 0.5) is 28.0 Å². The summed E-state index contributed by atoms with van der Waals surface area (Å²) in [4.78, 5) is 8.51. The third-order valence-corrected chi connectivity index (χ3v) is 2.77. The first-order valence-corrected chi connectivity index (χ1v) is 5.73. The largest absolute Gasteiger partial charge is 0.453 e. The van der Waals surface area contributed by atoms with Gasteiger partial charge >= 0.3 is 16.2 Å². The molecular weight excluding hydrogens is 298 g/mol. The maximum atomic E-state index is 13.3. The number of benzene rings is 1. The Hall–Kier alpha value is -1.88. The van der Waals surface area contributed by atoms with Crippen molar-refractivity contribution >= 4 is 21.9 Å². The van der Waals surface area contributed by atoms with Crippen molar-refractivity contribution in [3.8, 4) is 0 Å². The molecule has 6 nitrogen and oxygen atoms in total. The van der Waals surface area contributed by atoms with Crippen molar-refractivity contribution in [2.45, 2.75) is 4.90 Å². The van der Waals surface area contributed by atoms with Gasteiger partial charge < -0.3 is 4.74 Å². The molecule has 0 unspecified atom stereocenters. The number of carbonyl (C=O) groups excluding carboxylic acids is 1. The van der Waals surface area contributed by atoms with Crippen LogP contribution >= 0.6 is 0 Å². The number of anilines is 1. The molecule has 2 N–H and O–H groups in total. The molecule has 19 heavy (non-hydrogen) atoms. The third kappa shape index (κ3) is 2.76. The molecule has 1 aromatic rings. The molecule has 0 radical (unpaired) electrons. The fraction of sp³-hybridized carbons (Fsp3) is 0.125. The number of hydrogen-bond donors (Lipinski definition) is 2. The van der Waals surface area contributed by atoms with Crippen molar-refractivity contribution < 1.29 is 40.1 Å². The van der Waals surface area contributed by atoms with E-state index in [9.17, 15) is 30.8 Å². The van der Waals surface area contributed by atoms with Crippen LogP contribution in [0.15, 0.2) is 4.90 Å². The molecule has 1 rings (SSSR count). The van der Waals surface area contributed by atoms with Gasteiger partial charge in [-0.15, -0.1) is 0 Å². The van der Waals surface area contributed by atoms with Crippen LogP contribution in [0.5, 0.6) is 0 Å². The van der Waals surface area contributed by atoms with E-state index in [1.165, 1.54) is 5.32 Å². The first kappa shape index (κ1) is 15.2. The van der Waals surface area contributed by atoms with Crippen molar-refractivity contribution in [1.82, 2.24) is 0 Å². The predicted octanol–water partition coefficient (Wildman–Crippen LogP) is 1.67. The molecule has 1 aromatic carbocycles. The summed E-state index contributed by atoms with van der Waals surface area (Å²) in [5.74, 6) is -9.19. The summed E-state index contributed by atoms with van der Waals surface area (Å²) in [6.45, 7) is 0. The maximum Gasteiger partial charge on any atom is 0.411 e. The van der Waals surface area contributed by atoms with E-state index >= 15 is 0 Å². The molecule has 0 saturated heterocycles. The van der Waals surface area contributed by atoms with Crippen molar-refractivity contribution in [2.24, 2.45) is 0 Å². The second-order valence-corrected chi connectivity index (χ2v) is 4.41. The van der Waals surface area contributed by atoms with Crippen molar-refractivity contribution in [2.75, 3.05) is 12.4 Å². The molecule has 106 valence electrons. The van der Waals surface area contributed by atoms with Crippen LogP contribution in [-0.2, 0) is 14.9 Å². The third-order valence-electron chi connectivity index (χ3n) is 1.89. The molecule has 0 spiro atoms. The average molecular weight is 303 g/mol. The smallest absolute Gasteiger partial charge is 0.411 e. The summed E-state index contributed by atoms with van der Waals surface area (Å²) in [5, 5.41) is 1.32. The zero-order valence-electron chi connectivity index (χ0n) is 9.00. The Kier molecular flexibility index (Phi) is 4.00. The molecular formula is C8H5F4NO5S. The van der Waals surface area contributed by atoms with Gasteiger partial charge in [-0.25, -0.2) is 22.4 Å². The lowest BCUT2D eigenvalue weighted by Crippen LogP contribution is -2.18. The Balaban J connectivity index is 3.62. The van der Waals surface area contributed by atoms with Crippen LogP contribution in [0.2, 0.25) is 0 Å². The lowest BCUT2D eigenvalue weighted by molar-refractivity contribution is 0.186. The molecule has 0 saturated carbocycles. The standard InChI is InChI=1S/C8H5F4NO5S/c1-18-8(14)13-6-2(9)4(11)7(19(15,16)17)5(12)3(6)10/h1H3,(H,13,14)(H,15,16,17). The molecule has 0 aliphatic rings. The van der Waals surface area contributed by atoms with Gasteiger partial charge in [-0.2, -0.15) is 8.42 Å². The molecule has 0 aliphatic carbocycles. The van der Waals surface area contributed by atoms with Crippen LogP contribution in [0.3, 0.4) is 0 Å². The minimum atomic E-state index is -5.53. The summed E-state index contributed by atoms with van der Waals surface area (Å²) in [6.07, 6.45) is -1.45. The molecule has 0 fully saturated rings. The van der Waals surface area contributed by atoms with Gasteiger partial charge in [0.2, 0.25) is 0 Å². The summed E-state index contributed by atoms with van der Waals surface area (Å²) < 4.78 is 86.7. The monoisotopic (exact) mass is 303 g/mol. The van der Waals surface area contributed by atoms with Crippen LogP contribution in [-0.4, -0.2) is 26.2 Å². The molecule has 1 amide bonds. The molecule has 0 aliphatic heterocycles. The minimum Gasteiger partial charge on any atom is -0.453 e. The number of halogens is 4. The quantitative estimate of drug-likeness (QED) is 0.492. The number of nitrogens with one attached hydrogen (secondary N) is 1. The Morgan fingerprint density at radius 2 is 1.53 bits per heavy atom. The fourth-order valence-corrected chi connectivity index (χ4v) is 1.73. The van der Waals surface area contributed by atoms with Gasteiger partial charge in [0, 0.05) is 0 Å². The van der Waals surface area contributed by atoms with E-state index in [0.29, 0.717) is 0 Å². The lowest BCUT2D eigenvalue weighted by Gasteiger charge is -2.10. The van der Waals surface area contributed by atoms with Crippen LogP contribution in [0.25, 0.3) is 0 Å². The van der Waals surface area contributed by atoms with E-state index in [4.69, 9.17) is 4.55 Å². The van der Waals surface area contributed by atoms with E-state index in [0.717, 1.165) is 7.11 Å². The van der Waals surface area contributed by atoms with E-state index in [-0.39, 0.29) is 0 Å². The second kappa shape index (κ2) is 5.01. The topological polar surface area (TPSA) is 92.7 Å². The zero-order chi connectivity index (χ0) is 15.0. The number of hydrogen-bond acceptors (Lipinski definition) is 4. The van der Waals surface area contributed by atoms with Crippen LogP contribution in [0.1, 0.15) is 0 Å². The highest BCUT2D eigenvalue weighted by molar-refractivity contribution is 7.85. The Bertz CT molecular complexity index is 616. The van der Waals surface area contributed by atoms with Gasteiger partial charge in [0.25, 0.3) is 0 Å². The predicted molar refractivity (Wildman–Crippen MR) is 52.1 cm³/mol. The SMILES string of the molecule is COC(=O)Nc1c(F)c(F)c(S(=O)(=O)O)c(F)c1F. The molecule has 0 heterocycles. The number of ether oxygens (including phenoxy) is 1. The normalized spacial score (nSPS) is 11.3. The molecule has 0 aromatic heterocycles. The number of carbonyl (C=O) groups is 1. The van der Waals surface area contributed by atoms with Crippen LogP contribution < -0.4 is 5.32 Å². The zero-order valence-corrected chi connectivity index (χ0v) is 9.82. The van der Waals surface area contributed by atoms with Crippen molar-refractivity contribution in [3.05, 3.63) is 23.3 Å². The van der Waals surface area contributed by atoms with E-state index in [1.807, 2.05) is 0 Å². The van der Waals surface area contributed by atoms with E-state index in [2.05, 4.69) is 4.74 Å². The van der Waals surface area contributed by atoms with Crippen LogP contribution in [0, 0.1) is 23.3 Å². The molecule has 0 bridgehead atoms. The van der Waals surface area contributed by atoms with Gasteiger partial charge in [0.1, 0.15) is 5.69 Å². The van der Waals surface area contributed by atoms with Gasteiger partial charge in [-0.05, 0) is 0 Å². The fourth-order valence-electron chi connectivity index (χ4n) is 1.10. The van der Waals surface area contributed by atoms with Crippen molar-refractivity contribution in [1.29, 1.82) is 0 Å². The molecule has 11 heteroatoms.